The zero-order valence-corrected chi connectivity index (χ0v) is 18.6. The minimum Gasteiger partial charge on any atom is -0.350 e. The molecule has 7 nitrogen and oxygen atoms in total. The second kappa shape index (κ2) is 7.94. The third-order valence-corrected chi connectivity index (χ3v) is 7.91. The first-order valence-electron chi connectivity index (χ1n) is 10.3. The van der Waals surface area contributed by atoms with E-state index in [0.717, 1.165) is 17.7 Å². The average Bonchev–Trinajstić information content (AvgIpc) is 3.20. The van der Waals surface area contributed by atoms with Gasteiger partial charge < -0.3 is 9.47 Å². The molecular formula is C23H25N3O4S. The van der Waals surface area contributed by atoms with Crippen LogP contribution >= 0.6 is 0 Å². The summed E-state index contributed by atoms with van der Waals surface area (Å²) in [4.78, 5) is 28.3. The quantitative estimate of drug-likeness (QED) is 0.612. The van der Waals surface area contributed by atoms with E-state index in [9.17, 15) is 18.0 Å². The molecule has 3 aromatic rings. The molecule has 0 unspecified atom stereocenters. The van der Waals surface area contributed by atoms with E-state index in [4.69, 9.17) is 0 Å². The van der Waals surface area contributed by atoms with Crippen molar-refractivity contribution in [3.8, 4) is 0 Å². The van der Waals surface area contributed by atoms with Gasteiger partial charge >= 0.3 is 0 Å². The highest BCUT2D eigenvalue weighted by atomic mass is 32.2. The molecule has 0 N–H and O–H groups in total. The number of hydrogen-bond acceptors (Lipinski definition) is 4. The van der Waals surface area contributed by atoms with Crippen LogP contribution in [0.25, 0.3) is 10.9 Å². The van der Waals surface area contributed by atoms with Crippen LogP contribution in [0.2, 0.25) is 0 Å². The molecule has 0 bridgehead atoms. The fraction of sp³-hybridized carbons (Fsp3) is 0.304. The van der Waals surface area contributed by atoms with Gasteiger partial charge in [-0.15, -0.1) is 0 Å². The van der Waals surface area contributed by atoms with Gasteiger partial charge in [0.2, 0.25) is 15.5 Å². The Bertz CT molecular complexity index is 1340. The summed E-state index contributed by atoms with van der Waals surface area (Å²) in [6.45, 7) is 4.72. The summed E-state index contributed by atoms with van der Waals surface area (Å²) in [6, 6.07) is 12.2. The zero-order chi connectivity index (χ0) is 22.3. The summed E-state index contributed by atoms with van der Waals surface area (Å²) in [5, 5.41) is 0.217. The number of rotatable bonds is 5. The zero-order valence-electron chi connectivity index (χ0n) is 17.8. The van der Waals surface area contributed by atoms with E-state index in [2.05, 4.69) is 0 Å². The Labute approximate surface area is 181 Å². The van der Waals surface area contributed by atoms with E-state index < -0.39 is 15.5 Å². The first kappa shape index (κ1) is 21.3. The van der Waals surface area contributed by atoms with Crippen LogP contribution in [-0.4, -0.2) is 42.8 Å². The summed E-state index contributed by atoms with van der Waals surface area (Å²) >= 11 is 0. The summed E-state index contributed by atoms with van der Waals surface area (Å²) in [6.07, 6.45) is 2.27. The normalized spacial score (nSPS) is 13.7. The number of fused-ring (bicyclic) bond motifs is 2. The van der Waals surface area contributed by atoms with Gasteiger partial charge in [0, 0.05) is 44.0 Å². The predicted octanol–water partition coefficient (Wildman–Crippen LogP) is 2.77. The molecule has 8 heteroatoms. The van der Waals surface area contributed by atoms with Gasteiger partial charge in [-0.1, -0.05) is 32.0 Å². The molecule has 2 aromatic carbocycles. The Morgan fingerprint density at radius 3 is 2.52 bits per heavy atom. The van der Waals surface area contributed by atoms with E-state index in [-0.39, 0.29) is 21.8 Å². The van der Waals surface area contributed by atoms with Crippen LogP contribution in [0.3, 0.4) is 0 Å². The third-order valence-electron chi connectivity index (χ3n) is 5.87. The molecule has 0 fully saturated rings. The number of sulfonamides is 1. The number of carbonyl (C=O) groups is 1. The van der Waals surface area contributed by atoms with Gasteiger partial charge in [0.05, 0.1) is 10.4 Å². The lowest BCUT2D eigenvalue weighted by molar-refractivity contribution is 0.0988. The van der Waals surface area contributed by atoms with Crippen LogP contribution in [0.4, 0.5) is 5.69 Å². The fourth-order valence-corrected chi connectivity index (χ4v) is 5.68. The van der Waals surface area contributed by atoms with Crippen molar-refractivity contribution in [2.45, 2.75) is 25.2 Å². The molecule has 0 atom stereocenters. The average molecular weight is 440 g/mol. The molecular weight excluding hydrogens is 414 g/mol. The molecule has 0 saturated heterocycles. The van der Waals surface area contributed by atoms with Crippen molar-refractivity contribution < 1.29 is 13.2 Å². The van der Waals surface area contributed by atoms with Crippen molar-refractivity contribution in [3.05, 3.63) is 70.0 Å². The standard InChI is InChI=1S/C23H25N3O4S/c1-4-25(5-2)31(29,30)17-10-11-21-18(14-17)22(27)19(15-24(21)3)23(28)26-13-12-16-8-6-7-9-20(16)26/h6-11,14-15H,4-5,12-13H2,1-3H3. The van der Waals surface area contributed by atoms with Gasteiger partial charge in [0.15, 0.2) is 0 Å². The Morgan fingerprint density at radius 2 is 1.81 bits per heavy atom. The van der Waals surface area contributed by atoms with Gasteiger partial charge in [-0.05, 0) is 36.2 Å². The summed E-state index contributed by atoms with van der Waals surface area (Å²) < 4.78 is 28.9. The van der Waals surface area contributed by atoms with Crippen LogP contribution < -0.4 is 10.3 Å². The van der Waals surface area contributed by atoms with Crippen LogP contribution in [0.1, 0.15) is 29.8 Å². The molecule has 1 aliphatic heterocycles. The molecule has 0 radical (unpaired) electrons. The highest BCUT2D eigenvalue weighted by Crippen LogP contribution is 2.29. The highest BCUT2D eigenvalue weighted by molar-refractivity contribution is 7.89. The van der Waals surface area contributed by atoms with Crippen LogP contribution in [0.15, 0.2) is 58.4 Å². The van der Waals surface area contributed by atoms with Gasteiger partial charge in [-0.25, -0.2) is 8.42 Å². The summed E-state index contributed by atoms with van der Waals surface area (Å²) in [5.41, 5.74) is 2.03. The van der Waals surface area contributed by atoms with Gasteiger partial charge in [-0.2, -0.15) is 4.31 Å². The number of aromatic nitrogens is 1. The van der Waals surface area contributed by atoms with E-state index >= 15 is 0 Å². The molecule has 0 saturated carbocycles. The van der Waals surface area contributed by atoms with Crippen molar-refractivity contribution in [2.75, 3.05) is 24.5 Å². The van der Waals surface area contributed by atoms with Crippen molar-refractivity contribution in [3.63, 3.8) is 0 Å². The number of pyridine rings is 1. The maximum Gasteiger partial charge on any atom is 0.263 e. The molecule has 2 heterocycles. The second-order valence-electron chi connectivity index (χ2n) is 7.59. The third kappa shape index (κ3) is 3.45. The Hall–Kier alpha value is -2.97. The molecule has 4 rings (SSSR count). The van der Waals surface area contributed by atoms with Gasteiger partial charge in [-0.3, -0.25) is 9.59 Å². The Balaban J connectivity index is 1.85. The number of carbonyl (C=O) groups excluding carboxylic acids is 1. The first-order chi connectivity index (χ1) is 14.8. The predicted molar refractivity (Wildman–Crippen MR) is 121 cm³/mol. The lowest BCUT2D eigenvalue weighted by Crippen LogP contribution is -2.33. The molecule has 0 spiro atoms. The maximum atomic E-state index is 13.3. The van der Waals surface area contributed by atoms with Crippen molar-refractivity contribution in [1.29, 1.82) is 0 Å². The van der Waals surface area contributed by atoms with Gasteiger partial charge in [0.25, 0.3) is 5.91 Å². The van der Waals surface area contributed by atoms with Crippen molar-refractivity contribution in [2.24, 2.45) is 7.05 Å². The van der Waals surface area contributed by atoms with Crippen molar-refractivity contribution >= 4 is 32.5 Å². The van der Waals surface area contributed by atoms with Gasteiger partial charge in [0.1, 0.15) is 5.56 Å². The lowest BCUT2D eigenvalue weighted by Gasteiger charge is -2.20. The molecule has 1 aliphatic rings. The number of benzene rings is 2. The second-order valence-corrected chi connectivity index (χ2v) is 9.52. The topological polar surface area (TPSA) is 79.7 Å². The smallest absolute Gasteiger partial charge is 0.263 e. The van der Waals surface area contributed by atoms with Crippen LogP contribution in [0, 0.1) is 0 Å². The van der Waals surface area contributed by atoms with Crippen molar-refractivity contribution in [1.82, 2.24) is 8.87 Å². The first-order valence-corrected chi connectivity index (χ1v) is 11.8. The molecule has 0 aliphatic carbocycles. The number of para-hydroxylation sites is 1. The molecule has 1 aromatic heterocycles. The molecule has 31 heavy (non-hydrogen) atoms. The van der Waals surface area contributed by atoms with E-state index in [1.807, 2.05) is 24.3 Å². The minimum atomic E-state index is -3.72. The Kier molecular flexibility index (Phi) is 5.45. The molecule has 1 amide bonds. The number of hydrogen-bond donors (Lipinski definition) is 0. The minimum absolute atomic E-state index is 0.0316. The maximum absolute atomic E-state index is 13.3. The number of aryl methyl sites for hydroxylation is 1. The van der Waals surface area contributed by atoms with Crippen LogP contribution in [-0.2, 0) is 23.5 Å². The monoisotopic (exact) mass is 439 g/mol. The number of amides is 1. The summed E-state index contributed by atoms with van der Waals surface area (Å²) in [7, 11) is -1.98. The molecule has 162 valence electrons. The summed E-state index contributed by atoms with van der Waals surface area (Å²) in [5.74, 6) is -0.371. The SMILES string of the molecule is CCN(CC)S(=O)(=O)c1ccc2c(c1)c(=O)c(C(=O)N1CCc3ccccc31)cn2C. The lowest BCUT2D eigenvalue weighted by atomic mass is 10.1. The van der Waals surface area contributed by atoms with Crippen LogP contribution in [0.5, 0.6) is 0 Å². The van der Waals surface area contributed by atoms with E-state index in [0.29, 0.717) is 25.2 Å². The van der Waals surface area contributed by atoms with E-state index in [1.54, 1.807) is 36.4 Å². The fourth-order valence-electron chi connectivity index (χ4n) is 4.19. The Morgan fingerprint density at radius 1 is 1.10 bits per heavy atom. The largest absolute Gasteiger partial charge is 0.350 e. The number of anilines is 1. The highest BCUT2D eigenvalue weighted by Gasteiger charge is 2.28. The number of nitrogens with zero attached hydrogens (tertiary/aromatic N) is 3. The van der Waals surface area contributed by atoms with E-state index in [1.165, 1.54) is 22.6 Å².